The van der Waals surface area contributed by atoms with Gasteiger partial charge in [0.1, 0.15) is 0 Å². The van der Waals surface area contributed by atoms with Gasteiger partial charge in [-0.1, -0.05) is 35.9 Å². The van der Waals surface area contributed by atoms with Crippen LogP contribution in [-0.2, 0) is 6.42 Å². The third-order valence-corrected chi connectivity index (χ3v) is 4.08. The van der Waals surface area contributed by atoms with Crippen LogP contribution in [0.5, 0.6) is 0 Å². The van der Waals surface area contributed by atoms with Crippen molar-refractivity contribution in [2.75, 3.05) is 0 Å². The van der Waals surface area contributed by atoms with E-state index in [1.807, 2.05) is 32.2 Å². The van der Waals surface area contributed by atoms with Crippen molar-refractivity contribution >= 4 is 28.4 Å². The lowest BCUT2D eigenvalue weighted by atomic mass is 9.94. The van der Waals surface area contributed by atoms with Gasteiger partial charge in [-0.3, -0.25) is 4.79 Å². The lowest BCUT2D eigenvalue weighted by Crippen LogP contribution is -2.45. The summed E-state index contributed by atoms with van der Waals surface area (Å²) in [6, 6.07) is 15.2. The van der Waals surface area contributed by atoms with E-state index in [-0.39, 0.29) is 11.4 Å². The molecule has 1 amide bonds. The van der Waals surface area contributed by atoms with Gasteiger partial charge in [-0.15, -0.1) is 0 Å². The summed E-state index contributed by atoms with van der Waals surface area (Å²) in [7, 11) is 0. The Kier molecular flexibility index (Phi) is 4.14. The van der Waals surface area contributed by atoms with Gasteiger partial charge in [-0.2, -0.15) is 0 Å². The molecule has 1 heterocycles. The molecule has 0 bridgehead atoms. The van der Waals surface area contributed by atoms with Crippen molar-refractivity contribution in [1.82, 2.24) is 10.3 Å². The lowest BCUT2D eigenvalue weighted by Gasteiger charge is -2.26. The van der Waals surface area contributed by atoms with Gasteiger partial charge in [-0.25, -0.2) is 0 Å². The van der Waals surface area contributed by atoms with Crippen LogP contribution >= 0.6 is 11.6 Å². The Morgan fingerprint density at radius 3 is 2.74 bits per heavy atom. The Morgan fingerprint density at radius 1 is 1.17 bits per heavy atom. The number of H-pyrrole nitrogens is 1. The number of aromatic nitrogens is 1. The highest BCUT2D eigenvalue weighted by Crippen LogP contribution is 2.22. The van der Waals surface area contributed by atoms with Gasteiger partial charge >= 0.3 is 0 Å². The molecule has 0 saturated heterocycles. The van der Waals surface area contributed by atoms with E-state index in [2.05, 4.69) is 22.4 Å². The zero-order valence-electron chi connectivity index (χ0n) is 13.2. The minimum Gasteiger partial charge on any atom is -0.361 e. The van der Waals surface area contributed by atoms with E-state index >= 15 is 0 Å². The molecule has 0 atom stereocenters. The van der Waals surface area contributed by atoms with Crippen LogP contribution in [0.25, 0.3) is 10.9 Å². The number of carbonyl (C=O) groups excluding carboxylic acids is 1. The first-order valence-corrected chi connectivity index (χ1v) is 7.95. The van der Waals surface area contributed by atoms with E-state index in [1.54, 1.807) is 24.3 Å². The highest BCUT2D eigenvalue weighted by Gasteiger charge is 2.23. The first kappa shape index (κ1) is 15.6. The maximum absolute atomic E-state index is 12.4. The molecule has 0 aliphatic rings. The summed E-state index contributed by atoms with van der Waals surface area (Å²) < 4.78 is 0. The van der Waals surface area contributed by atoms with Crippen LogP contribution in [-0.4, -0.2) is 16.4 Å². The number of amides is 1. The molecule has 3 rings (SSSR count). The Labute approximate surface area is 140 Å². The molecule has 0 unspecified atom stereocenters. The number of hydrogen-bond donors (Lipinski definition) is 2. The molecule has 0 aliphatic carbocycles. The number of halogens is 1. The van der Waals surface area contributed by atoms with Crippen LogP contribution in [0, 0.1) is 0 Å². The van der Waals surface area contributed by atoms with Crippen LogP contribution in [0.2, 0.25) is 5.02 Å². The summed E-state index contributed by atoms with van der Waals surface area (Å²) in [4.78, 5) is 15.7. The quantitative estimate of drug-likeness (QED) is 0.724. The number of fused-ring (bicyclic) bond motifs is 1. The number of rotatable bonds is 4. The number of hydrogen-bond acceptors (Lipinski definition) is 1. The maximum atomic E-state index is 12.4. The minimum atomic E-state index is -0.371. The van der Waals surface area contributed by atoms with Crippen molar-refractivity contribution in [3.05, 3.63) is 70.9 Å². The fraction of sp³-hybridized carbons (Fsp3) is 0.211. The maximum Gasteiger partial charge on any atom is 0.251 e. The Morgan fingerprint density at radius 2 is 1.96 bits per heavy atom. The standard InChI is InChI=1S/C19H19ClN2O/c1-19(2,22-18(23)13-6-5-7-15(20)10-13)11-14-12-21-17-9-4-3-8-16(14)17/h3-10,12,21H,11H2,1-2H3,(H,22,23). The zero-order chi connectivity index (χ0) is 16.4. The summed E-state index contributed by atoms with van der Waals surface area (Å²) in [6.07, 6.45) is 2.75. The third kappa shape index (κ3) is 3.57. The number of benzene rings is 2. The SMILES string of the molecule is CC(C)(Cc1c[nH]c2ccccc12)NC(=O)c1cccc(Cl)c1. The van der Waals surface area contributed by atoms with Crippen LogP contribution in [0.15, 0.2) is 54.7 Å². The van der Waals surface area contributed by atoms with Gasteiger partial charge in [0.05, 0.1) is 0 Å². The van der Waals surface area contributed by atoms with Crippen LogP contribution < -0.4 is 5.32 Å². The fourth-order valence-electron chi connectivity index (χ4n) is 2.81. The van der Waals surface area contributed by atoms with Crippen molar-refractivity contribution in [3.63, 3.8) is 0 Å². The average molecular weight is 327 g/mol. The number of nitrogens with one attached hydrogen (secondary N) is 2. The van der Waals surface area contributed by atoms with Gasteiger partial charge < -0.3 is 10.3 Å². The first-order chi connectivity index (χ1) is 10.9. The van der Waals surface area contributed by atoms with E-state index in [0.717, 1.165) is 11.9 Å². The summed E-state index contributed by atoms with van der Waals surface area (Å²) in [5.41, 5.74) is 2.51. The topological polar surface area (TPSA) is 44.9 Å². The number of carbonyl (C=O) groups is 1. The molecular formula is C19H19ClN2O. The molecule has 4 heteroatoms. The summed E-state index contributed by atoms with van der Waals surface area (Å²) >= 11 is 5.96. The molecule has 2 aromatic carbocycles. The highest BCUT2D eigenvalue weighted by atomic mass is 35.5. The second-order valence-electron chi connectivity index (χ2n) is 6.38. The Hall–Kier alpha value is -2.26. The van der Waals surface area contributed by atoms with Gasteiger partial charge in [0.25, 0.3) is 5.91 Å². The molecule has 0 saturated carbocycles. The van der Waals surface area contributed by atoms with E-state index in [1.165, 1.54) is 10.9 Å². The molecule has 118 valence electrons. The van der Waals surface area contributed by atoms with Crippen molar-refractivity contribution in [1.29, 1.82) is 0 Å². The van der Waals surface area contributed by atoms with E-state index < -0.39 is 0 Å². The van der Waals surface area contributed by atoms with Crippen molar-refractivity contribution < 1.29 is 4.79 Å². The molecule has 2 N–H and O–H groups in total. The monoisotopic (exact) mass is 326 g/mol. The molecule has 0 fully saturated rings. The average Bonchev–Trinajstić information content (AvgIpc) is 2.89. The molecule has 0 aliphatic heterocycles. The van der Waals surface area contributed by atoms with E-state index in [4.69, 9.17) is 11.6 Å². The molecular weight excluding hydrogens is 308 g/mol. The largest absolute Gasteiger partial charge is 0.361 e. The lowest BCUT2D eigenvalue weighted by molar-refractivity contribution is 0.0913. The van der Waals surface area contributed by atoms with Gasteiger partial charge in [0.15, 0.2) is 0 Å². The van der Waals surface area contributed by atoms with Gasteiger partial charge in [0, 0.05) is 33.2 Å². The van der Waals surface area contributed by atoms with Gasteiger partial charge in [-0.05, 0) is 50.1 Å². The third-order valence-electron chi connectivity index (χ3n) is 3.85. The summed E-state index contributed by atoms with van der Waals surface area (Å²) in [5.74, 6) is -0.114. The van der Waals surface area contributed by atoms with Crippen LogP contribution in [0.1, 0.15) is 29.8 Å². The highest BCUT2D eigenvalue weighted by molar-refractivity contribution is 6.30. The molecule has 1 aromatic heterocycles. The second kappa shape index (κ2) is 6.09. The summed E-state index contributed by atoms with van der Waals surface area (Å²) in [5, 5.41) is 4.85. The fourth-order valence-corrected chi connectivity index (χ4v) is 3.00. The minimum absolute atomic E-state index is 0.114. The first-order valence-electron chi connectivity index (χ1n) is 7.58. The second-order valence-corrected chi connectivity index (χ2v) is 6.82. The Bertz CT molecular complexity index is 851. The predicted molar refractivity (Wildman–Crippen MR) is 95.0 cm³/mol. The molecule has 0 spiro atoms. The number of aromatic amines is 1. The van der Waals surface area contributed by atoms with Crippen molar-refractivity contribution in [3.8, 4) is 0 Å². The smallest absolute Gasteiger partial charge is 0.251 e. The van der Waals surface area contributed by atoms with Crippen molar-refractivity contribution in [2.45, 2.75) is 25.8 Å². The van der Waals surface area contributed by atoms with E-state index in [0.29, 0.717) is 10.6 Å². The Balaban J connectivity index is 1.77. The van der Waals surface area contributed by atoms with E-state index in [9.17, 15) is 4.79 Å². The predicted octanol–water partition coefficient (Wildman–Crippen LogP) is 4.57. The molecule has 3 aromatic rings. The number of para-hydroxylation sites is 1. The molecule has 0 radical (unpaired) electrons. The van der Waals surface area contributed by atoms with Gasteiger partial charge in [0.2, 0.25) is 0 Å². The van der Waals surface area contributed by atoms with Crippen molar-refractivity contribution in [2.24, 2.45) is 0 Å². The normalized spacial score (nSPS) is 11.6. The molecule has 23 heavy (non-hydrogen) atoms. The summed E-state index contributed by atoms with van der Waals surface area (Å²) in [6.45, 7) is 4.05. The molecule has 3 nitrogen and oxygen atoms in total. The zero-order valence-corrected chi connectivity index (χ0v) is 13.9. The van der Waals surface area contributed by atoms with Crippen LogP contribution in [0.3, 0.4) is 0 Å². The van der Waals surface area contributed by atoms with Crippen LogP contribution in [0.4, 0.5) is 0 Å².